The van der Waals surface area contributed by atoms with Gasteiger partial charge < -0.3 is 19.7 Å². The highest BCUT2D eigenvalue weighted by Gasteiger charge is 2.88. The highest BCUT2D eigenvalue weighted by molar-refractivity contribution is 8.14. The number of aliphatic hydroxyl groups is 1. The standard InChI is InChI=1S/C33H34FN5O5S/c1-29-12-19(14-36)22(39-21-3-4-26(34)37-15-21)11-20(29)5-7-31-17-32(29,31)25(40)13-30(2)24(31)6-8-33(30,28(42)45-10-9-35)44-27(41)23-16-43-18-38-23/h3-4,11,14-16,18,24-25,36,39-40H,5-8,10,12-13,17H2,1-2H3/p+1/t24?,25-,29-,30-,31+,32?,33-/m0/s1. The first kappa shape index (κ1) is 30.0. The number of thioether (sulfide) groups is 1. The van der Waals surface area contributed by atoms with E-state index in [0.717, 1.165) is 54.4 Å². The first-order valence-electron chi connectivity index (χ1n) is 15.2. The largest absolute Gasteiger partial charge is 0.451 e. The number of nitriles is 1. The summed E-state index contributed by atoms with van der Waals surface area (Å²) in [5.41, 5.74) is 0.124. The van der Waals surface area contributed by atoms with E-state index in [2.05, 4.69) is 23.0 Å². The second-order valence-corrected chi connectivity index (χ2v) is 14.7. The zero-order chi connectivity index (χ0) is 31.8. The molecule has 2 unspecified atom stereocenters. The van der Waals surface area contributed by atoms with Gasteiger partial charge in [-0.1, -0.05) is 31.2 Å². The van der Waals surface area contributed by atoms with Crippen molar-refractivity contribution in [2.45, 2.75) is 70.5 Å². The molecule has 0 saturated heterocycles. The van der Waals surface area contributed by atoms with Crippen molar-refractivity contribution in [3.63, 3.8) is 0 Å². The van der Waals surface area contributed by atoms with Crippen LogP contribution < -0.4 is 5.32 Å². The molecule has 0 bridgehead atoms. The predicted octanol–water partition coefficient (Wildman–Crippen LogP) is 4.37. The molecule has 0 aliphatic heterocycles. The van der Waals surface area contributed by atoms with Gasteiger partial charge in [-0.3, -0.25) is 10.1 Å². The molecule has 2 aromatic rings. The van der Waals surface area contributed by atoms with E-state index in [9.17, 15) is 24.3 Å². The smallest absolute Gasteiger partial charge is 0.361 e. The number of allylic oxidation sites excluding steroid dienone is 3. The van der Waals surface area contributed by atoms with Crippen molar-refractivity contribution in [3.05, 3.63) is 65.5 Å². The molecule has 0 radical (unpaired) electrons. The van der Waals surface area contributed by atoms with Crippen molar-refractivity contribution in [1.29, 1.82) is 10.7 Å². The van der Waals surface area contributed by atoms with E-state index in [1.54, 1.807) is 6.07 Å². The third-order valence-corrected chi connectivity index (χ3v) is 13.1. The summed E-state index contributed by atoms with van der Waals surface area (Å²) in [6, 6.07) is 5.00. The summed E-state index contributed by atoms with van der Waals surface area (Å²) in [7, 11) is 0. The fraction of sp³-hybridized carbons (Fsp3) is 0.515. The maximum absolute atomic E-state index is 14.0. The molecule has 2 heterocycles. The predicted molar refractivity (Wildman–Crippen MR) is 160 cm³/mol. The lowest BCUT2D eigenvalue weighted by Gasteiger charge is -2.60. The minimum Gasteiger partial charge on any atom is -0.451 e. The van der Waals surface area contributed by atoms with Gasteiger partial charge in [0.25, 0.3) is 0 Å². The van der Waals surface area contributed by atoms with Crippen molar-refractivity contribution >= 4 is 34.7 Å². The van der Waals surface area contributed by atoms with Gasteiger partial charge >= 0.3 is 5.97 Å². The lowest BCUT2D eigenvalue weighted by Crippen LogP contribution is -2.76. The monoisotopic (exact) mass is 632 g/mol. The Morgan fingerprint density at radius 3 is 2.84 bits per heavy atom. The Bertz CT molecular complexity index is 1700. The summed E-state index contributed by atoms with van der Waals surface area (Å²) in [6.45, 7) is 4.19. The number of quaternary nitrogens is 1. The number of pyridine rings is 1. The van der Waals surface area contributed by atoms with Crippen molar-refractivity contribution < 1.29 is 33.6 Å². The van der Waals surface area contributed by atoms with Crippen molar-refractivity contribution in [1.82, 2.24) is 9.97 Å². The van der Waals surface area contributed by atoms with Crippen molar-refractivity contribution in [2.75, 3.05) is 5.75 Å². The molecule has 5 aliphatic rings. The fourth-order valence-electron chi connectivity index (χ4n) is 10.3. The van der Waals surface area contributed by atoms with Crippen LogP contribution in [-0.4, -0.2) is 49.8 Å². The Morgan fingerprint density at radius 2 is 2.16 bits per heavy atom. The number of oxazole rings is 1. The summed E-state index contributed by atoms with van der Waals surface area (Å²) < 4.78 is 24.6. The Morgan fingerprint density at radius 1 is 1.33 bits per heavy atom. The topological polar surface area (TPSA) is 167 Å². The van der Waals surface area contributed by atoms with Gasteiger partial charge in [0.15, 0.2) is 23.4 Å². The number of aliphatic hydroxyl groups excluding tert-OH is 1. The number of ether oxygens (including phenoxy) is 1. The molecule has 4 N–H and O–H groups in total. The van der Waals surface area contributed by atoms with Gasteiger partial charge in [-0.25, -0.2) is 14.8 Å². The molecule has 2 aromatic heterocycles. The SMILES string of the molecule is C[C@]12CC(C=N)=C([NH2+]c3ccc(F)nc3)C=C1CC[C@]13CC12[C@@H](O)C[C@@]1(C)C3CC[C@]1(OC(=O)c1cocn1)C(=O)SCC#N. The maximum Gasteiger partial charge on any atom is 0.361 e. The quantitative estimate of drug-likeness (QED) is 0.228. The van der Waals surface area contributed by atoms with Crippen molar-refractivity contribution in [3.8, 4) is 6.07 Å². The molecular weight excluding hydrogens is 597 g/mol. The van der Waals surface area contributed by atoms with Gasteiger partial charge in [-0.2, -0.15) is 9.65 Å². The molecular formula is C33H35FN5O5S+. The minimum absolute atomic E-state index is 0.00539. The van der Waals surface area contributed by atoms with Gasteiger partial charge in [0.1, 0.15) is 12.0 Å². The minimum atomic E-state index is -1.53. The first-order valence-corrected chi connectivity index (χ1v) is 16.2. The Hall–Kier alpha value is -3.66. The molecule has 7 rings (SSSR count). The molecule has 4 fully saturated rings. The molecule has 7 atom stereocenters. The highest BCUT2D eigenvalue weighted by atomic mass is 32.2. The van der Waals surface area contributed by atoms with Gasteiger partial charge in [-0.15, -0.1) is 0 Å². The molecule has 4 saturated carbocycles. The van der Waals surface area contributed by atoms with Crippen LogP contribution in [0.4, 0.5) is 10.1 Å². The van der Waals surface area contributed by atoms with Crippen molar-refractivity contribution in [2.24, 2.45) is 27.6 Å². The number of esters is 1. The molecule has 0 aromatic carbocycles. The normalized spacial score (nSPS) is 37.7. The third kappa shape index (κ3) is 3.90. The number of hydrogen-bond donors (Lipinski definition) is 3. The molecule has 0 spiro atoms. The van der Waals surface area contributed by atoms with E-state index in [4.69, 9.17) is 14.6 Å². The van der Waals surface area contributed by atoms with E-state index in [-0.39, 0.29) is 34.3 Å². The third-order valence-electron chi connectivity index (χ3n) is 12.2. The summed E-state index contributed by atoms with van der Waals surface area (Å²) in [5, 5.41) is 31.5. The van der Waals surface area contributed by atoms with Crippen LogP contribution in [0.25, 0.3) is 0 Å². The first-order chi connectivity index (χ1) is 21.5. The van der Waals surface area contributed by atoms with E-state index < -0.39 is 39.9 Å². The Labute approximate surface area is 264 Å². The molecule has 10 nitrogen and oxygen atoms in total. The number of carbonyl (C=O) groups excluding carboxylic acids is 2. The molecule has 45 heavy (non-hydrogen) atoms. The molecule has 12 heteroatoms. The number of fused-ring (bicyclic) bond motifs is 2. The maximum atomic E-state index is 14.0. The lowest BCUT2D eigenvalue weighted by atomic mass is 9.45. The van der Waals surface area contributed by atoms with E-state index in [1.165, 1.54) is 30.3 Å². The van der Waals surface area contributed by atoms with Crippen LogP contribution in [0.15, 0.2) is 58.3 Å². The fourth-order valence-corrected chi connectivity index (χ4v) is 11.1. The van der Waals surface area contributed by atoms with E-state index >= 15 is 0 Å². The van der Waals surface area contributed by atoms with Crippen LogP contribution in [0.5, 0.6) is 0 Å². The Balaban J connectivity index is 1.25. The average Bonchev–Trinajstić information content (AvgIpc) is 3.30. The van der Waals surface area contributed by atoms with Crippen LogP contribution in [0.2, 0.25) is 0 Å². The zero-order valence-electron chi connectivity index (χ0n) is 25.1. The summed E-state index contributed by atoms with van der Waals surface area (Å²) in [4.78, 5) is 35.0. The van der Waals surface area contributed by atoms with Gasteiger partial charge in [0.2, 0.25) is 11.1 Å². The van der Waals surface area contributed by atoms with Crippen LogP contribution >= 0.6 is 11.8 Å². The van der Waals surface area contributed by atoms with E-state index in [1.807, 2.05) is 18.3 Å². The average molecular weight is 633 g/mol. The van der Waals surface area contributed by atoms with Crippen LogP contribution in [-0.2, 0) is 9.53 Å². The van der Waals surface area contributed by atoms with Crippen LogP contribution in [0.1, 0.15) is 69.3 Å². The van der Waals surface area contributed by atoms with Gasteiger partial charge in [-0.05, 0) is 68.4 Å². The lowest BCUT2D eigenvalue weighted by molar-refractivity contribution is -0.513. The highest BCUT2D eigenvalue weighted by Crippen LogP contribution is 2.90. The molecule has 0 amide bonds. The molecule has 5 aliphatic carbocycles. The number of rotatable bonds is 7. The number of nitrogens with zero attached hydrogens (tertiary/aromatic N) is 3. The Kier molecular flexibility index (Phi) is 6.79. The zero-order valence-corrected chi connectivity index (χ0v) is 26.0. The molecule has 234 valence electrons. The van der Waals surface area contributed by atoms with Gasteiger partial charge in [0.05, 0.1) is 24.1 Å². The number of nitrogens with two attached hydrogens (primary N) is 1. The number of halogens is 1. The number of nitrogens with one attached hydrogen (secondary N) is 1. The summed E-state index contributed by atoms with van der Waals surface area (Å²) >= 11 is 0.858. The van der Waals surface area contributed by atoms with E-state index in [0.29, 0.717) is 19.3 Å². The number of aromatic nitrogens is 2. The van der Waals surface area contributed by atoms with Crippen LogP contribution in [0.3, 0.4) is 0 Å². The summed E-state index contributed by atoms with van der Waals surface area (Å²) in [6.07, 6.45) is 10.7. The van der Waals surface area contributed by atoms with Crippen LogP contribution in [0, 0.1) is 50.3 Å². The second-order valence-electron chi connectivity index (χ2n) is 13.7. The number of hydrogen-bond acceptors (Lipinski definition) is 10. The second kappa shape index (κ2) is 10.2. The summed E-state index contributed by atoms with van der Waals surface area (Å²) in [5.74, 6) is -1.38. The number of carbonyl (C=O) groups is 2. The van der Waals surface area contributed by atoms with Gasteiger partial charge in [0, 0.05) is 34.1 Å².